The van der Waals surface area contributed by atoms with Crippen LogP contribution in [0.4, 0.5) is 0 Å². The van der Waals surface area contributed by atoms with Crippen molar-refractivity contribution in [1.29, 1.82) is 0 Å². The minimum absolute atomic E-state index is 0.0388. The van der Waals surface area contributed by atoms with E-state index in [1.807, 2.05) is 31.2 Å². The minimum Gasteiger partial charge on any atom is -0.490 e. The van der Waals surface area contributed by atoms with Gasteiger partial charge in [0.15, 0.2) is 11.5 Å². The Morgan fingerprint density at radius 2 is 1.85 bits per heavy atom. The average molecular weight is 274 g/mol. The highest BCUT2D eigenvalue weighted by Crippen LogP contribution is 2.51. The minimum atomic E-state index is -0.197. The molecule has 0 aromatic heterocycles. The Kier molecular flexibility index (Phi) is 3.68. The first kappa shape index (κ1) is 13.5. The van der Waals surface area contributed by atoms with Gasteiger partial charge in [0.2, 0.25) is 0 Å². The standard InChI is InChI=1S/C17H22O3/c1-2-19-13-8-4-5-9-14(13)20-16-12-15(18)17(16)10-6-3-7-11-17/h4-5,8-9,16H,2-3,6-7,10-12H2,1H3. The zero-order chi connectivity index (χ0) is 14.0. The summed E-state index contributed by atoms with van der Waals surface area (Å²) in [4.78, 5) is 12.1. The number of ether oxygens (including phenoxy) is 2. The Hall–Kier alpha value is -1.51. The van der Waals surface area contributed by atoms with Crippen LogP contribution in [0.3, 0.4) is 0 Å². The third-order valence-electron chi connectivity index (χ3n) is 4.71. The zero-order valence-electron chi connectivity index (χ0n) is 12.1. The lowest BCUT2D eigenvalue weighted by molar-refractivity contribution is -0.156. The van der Waals surface area contributed by atoms with Crippen molar-refractivity contribution in [3.63, 3.8) is 0 Å². The van der Waals surface area contributed by atoms with Crippen LogP contribution in [0.2, 0.25) is 0 Å². The number of ketones is 1. The van der Waals surface area contributed by atoms with Crippen molar-refractivity contribution < 1.29 is 14.3 Å². The fraction of sp³-hybridized carbons (Fsp3) is 0.588. The summed E-state index contributed by atoms with van der Waals surface area (Å²) in [5.74, 6) is 1.95. The van der Waals surface area contributed by atoms with Gasteiger partial charge >= 0.3 is 0 Å². The first-order chi connectivity index (χ1) is 9.76. The van der Waals surface area contributed by atoms with Gasteiger partial charge in [-0.3, -0.25) is 4.79 Å². The second kappa shape index (κ2) is 5.47. The maximum Gasteiger partial charge on any atom is 0.161 e. The molecule has 3 nitrogen and oxygen atoms in total. The predicted octanol–water partition coefficient (Wildman–Crippen LogP) is 3.76. The Labute approximate surface area is 120 Å². The largest absolute Gasteiger partial charge is 0.490 e. The summed E-state index contributed by atoms with van der Waals surface area (Å²) in [5, 5.41) is 0. The fourth-order valence-corrected chi connectivity index (χ4v) is 3.53. The van der Waals surface area contributed by atoms with E-state index in [0.717, 1.165) is 37.2 Å². The highest BCUT2D eigenvalue weighted by atomic mass is 16.5. The third-order valence-corrected chi connectivity index (χ3v) is 4.71. The number of carbonyl (C=O) groups excluding carboxylic acids is 1. The molecule has 108 valence electrons. The summed E-state index contributed by atoms with van der Waals surface area (Å²) in [7, 11) is 0. The van der Waals surface area contributed by atoms with Gasteiger partial charge in [-0.2, -0.15) is 0 Å². The van der Waals surface area contributed by atoms with Gasteiger partial charge in [0.1, 0.15) is 11.9 Å². The normalized spacial score (nSPS) is 24.2. The summed E-state index contributed by atoms with van der Waals surface area (Å²) < 4.78 is 11.8. The van der Waals surface area contributed by atoms with E-state index in [1.54, 1.807) is 0 Å². The van der Waals surface area contributed by atoms with E-state index in [-0.39, 0.29) is 11.5 Å². The van der Waals surface area contributed by atoms with E-state index in [2.05, 4.69) is 0 Å². The summed E-state index contributed by atoms with van der Waals surface area (Å²) in [6, 6.07) is 7.75. The summed E-state index contributed by atoms with van der Waals surface area (Å²) in [6.45, 7) is 2.58. The van der Waals surface area contributed by atoms with Gasteiger partial charge in [0.25, 0.3) is 0 Å². The van der Waals surface area contributed by atoms with Gasteiger partial charge in [0.05, 0.1) is 12.0 Å². The van der Waals surface area contributed by atoms with Crippen molar-refractivity contribution >= 4 is 5.78 Å². The van der Waals surface area contributed by atoms with Crippen LogP contribution in [0.5, 0.6) is 11.5 Å². The molecule has 0 radical (unpaired) electrons. The summed E-state index contributed by atoms with van der Waals surface area (Å²) in [6.07, 6.45) is 6.13. The molecule has 0 bridgehead atoms. The molecule has 3 heteroatoms. The van der Waals surface area contributed by atoms with Gasteiger partial charge in [-0.15, -0.1) is 0 Å². The van der Waals surface area contributed by atoms with Gasteiger partial charge < -0.3 is 9.47 Å². The van der Waals surface area contributed by atoms with Crippen molar-refractivity contribution in [2.75, 3.05) is 6.61 Å². The van der Waals surface area contributed by atoms with Crippen LogP contribution < -0.4 is 9.47 Å². The first-order valence-corrected chi connectivity index (χ1v) is 7.68. The van der Waals surface area contributed by atoms with Crippen LogP contribution in [0, 0.1) is 5.41 Å². The molecular weight excluding hydrogens is 252 g/mol. The molecule has 3 rings (SSSR count). The van der Waals surface area contributed by atoms with E-state index in [1.165, 1.54) is 6.42 Å². The molecule has 1 atom stereocenters. The van der Waals surface area contributed by atoms with Crippen molar-refractivity contribution in [3.05, 3.63) is 24.3 Å². The van der Waals surface area contributed by atoms with Crippen LogP contribution in [0.25, 0.3) is 0 Å². The molecule has 0 N–H and O–H groups in total. The van der Waals surface area contributed by atoms with Gasteiger partial charge in [-0.1, -0.05) is 31.4 Å². The molecule has 1 unspecified atom stereocenters. The molecule has 1 aromatic carbocycles. The van der Waals surface area contributed by atoms with Crippen molar-refractivity contribution in [2.45, 2.75) is 51.6 Å². The molecular formula is C17H22O3. The Balaban J connectivity index is 1.76. The van der Waals surface area contributed by atoms with E-state index < -0.39 is 0 Å². The highest BCUT2D eigenvalue weighted by Gasteiger charge is 2.56. The van der Waals surface area contributed by atoms with Gasteiger partial charge in [-0.05, 0) is 31.9 Å². The van der Waals surface area contributed by atoms with Crippen molar-refractivity contribution in [2.24, 2.45) is 5.41 Å². The maximum atomic E-state index is 12.1. The SMILES string of the molecule is CCOc1ccccc1OC1CC(=O)C12CCCCC2. The molecule has 2 fully saturated rings. The molecule has 2 aliphatic rings. The number of para-hydroxylation sites is 2. The molecule has 20 heavy (non-hydrogen) atoms. The Morgan fingerprint density at radius 1 is 1.15 bits per heavy atom. The lowest BCUT2D eigenvalue weighted by Crippen LogP contribution is -2.57. The number of rotatable bonds is 4. The Morgan fingerprint density at radius 3 is 2.50 bits per heavy atom. The summed E-state index contributed by atoms with van der Waals surface area (Å²) >= 11 is 0. The molecule has 1 aromatic rings. The van der Waals surface area contributed by atoms with Crippen molar-refractivity contribution in [3.8, 4) is 11.5 Å². The van der Waals surface area contributed by atoms with Gasteiger partial charge in [-0.25, -0.2) is 0 Å². The maximum absolute atomic E-state index is 12.1. The molecule has 2 saturated carbocycles. The fourth-order valence-electron chi connectivity index (χ4n) is 3.53. The second-order valence-corrected chi connectivity index (χ2v) is 5.83. The van der Waals surface area contributed by atoms with Crippen molar-refractivity contribution in [1.82, 2.24) is 0 Å². The molecule has 1 spiro atoms. The quantitative estimate of drug-likeness (QED) is 0.838. The molecule has 0 saturated heterocycles. The molecule has 0 aliphatic heterocycles. The topological polar surface area (TPSA) is 35.5 Å². The molecule has 2 aliphatic carbocycles. The van der Waals surface area contributed by atoms with Crippen LogP contribution in [0.1, 0.15) is 45.4 Å². The Bertz CT molecular complexity index is 489. The van der Waals surface area contributed by atoms with Crippen LogP contribution in [-0.2, 0) is 4.79 Å². The number of benzene rings is 1. The monoisotopic (exact) mass is 274 g/mol. The lowest BCUT2D eigenvalue weighted by Gasteiger charge is -2.49. The van der Waals surface area contributed by atoms with Gasteiger partial charge in [0, 0.05) is 6.42 Å². The highest BCUT2D eigenvalue weighted by molar-refractivity contribution is 5.92. The average Bonchev–Trinajstić information content (AvgIpc) is 2.50. The van der Waals surface area contributed by atoms with E-state index in [9.17, 15) is 4.79 Å². The number of hydrogen-bond acceptors (Lipinski definition) is 3. The van der Waals surface area contributed by atoms with E-state index in [4.69, 9.17) is 9.47 Å². The van der Waals surface area contributed by atoms with Crippen LogP contribution >= 0.6 is 0 Å². The zero-order valence-corrected chi connectivity index (χ0v) is 12.1. The smallest absolute Gasteiger partial charge is 0.161 e. The number of Topliss-reactive ketones (excluding diaryl/α,β-unsaturated/α-hetero) is 1. The molecule has 0 heterocycles. The predicted molar refractivity (Wildman–Crippen MR) is 77.2 cm³/mol. The third kappa shape index (κ3) is 2.19. The number of hydrogen-bond donors (Lipinski definition) is 0. The first-order valence-electron chi connectivity index (χ1n) is 7.68. The second-order valence-electron chi connectivity index (χ2n) is 5.83. The van der Waals surface area contributed by atoms with E-state index >= 15 is 0 Å². The molecule has 0 amide bonds. The van der Waals surface area contributed by atoms with E-state index in [0.29, 0.717) is 18.8 Å². The van der Waals surface area contributed by atoms with Crippen LogP contribution in [-0.4, -0.2) is 18.5 Å². The number of carbonyl (C=O) groups is 1. The lowest BCUT2D eigenvalue weighted by atomic mass is 9.57. The summed E-state index contributed by atoms with van der Waals surface area (Å²) in [5.41, 5.74) is -0.197. The van der Waals surface area contributed by atoms with Crippen LogP contribution in [0.15, 0.2) is 24.3 Å².